The van der Waals surface area contributed by atoms with Gasteiger partial charge in [0.1, 0.15) is 40.0 Å². The predicted octanol–water partition coefficient (Wildman–Crippen LogP) is 8.50. The van der Waals surface area contributed by atoms with E-state index in [1.165, 1.54) is 38.6 Å². The Bertz CT molecular complexity index is 3770. The molecule has 2 aliphatic rings. The third-order valence-corrected chi connectivity index (χ3v) is 16.1. The van der Waals surface area contributed by atoms with Gasteiger partial charge in [0.05, 0.1) is 63.5 Å². The molecule has 2 saturated heterocycles. The summed E-state index contributed by atoms with van der Waals surface area (Å²) in [6.45, 7) is 9.03. The Morgan fingerprint density at radius 3 is 1.44 bits per heavy atom. The zero-order valence-corrected chi connectivity index (χ0v) is 46.6. The first-order chi connectivity index (χ1) is 39.1. The summed E-state index contributed by atoms with van der Waals surface area (Å²) in [6, 6.07) is 22.6. The maximum absolute atomic E-state index is 15.8. The summed E-state index contributed by atoms with van der Waals surface area (Å²) in [5.41, 5.74) is 8.97. The average molecular weight is 1150 g/mol. The van der Waals surface area contributed by atoms with Gasteiger partial charge in [0.25, 0.3) is 0 Å². The van der Waals surface area contributed by atoms with Crippen molar-refractivity contribution in [1.29, 1.82) is 0 Å². The monoisotopic (exact) mass is 1150 g/mol. The predicted molar refractivity (Wildman–Crippen MR) is 308 cm³/mol. The van der Waals surface area contributed by atoms with E-state index >= 15 is 8.78 Å². The summed E-state index contributed by atoms with van der Waals surface area (Å²) in [6.07, 6.45) is 3.88. The number of pyridine rings is 2. The molecule has 0 unspecified atom stereocenters. The lowest BCUT2D eigenvalue weighted by Crippen LogP contribution is -2.37. The molecule has 81 heavy (non-hydrogen) atoms. The number of aromatic nitrogens is 6. The molecule has 6 heterocycles. The van der Waals surface area contributed by atoms with Crippen molar-refractivity contribution in [2.24, 2.45) is 5.73 Å². The number of methoxy groups -OCH3 is 2. The molecule has 5 N–H and O–H groups in total. The molecule has 0 atom stereocenters. The first-order valence-corrected chi connectivity index (χ1v) is 29.5. The summed E-state index contributed by atoms with van der Waals surface area (Å²) in [5.74, 6) is 1.30. The maximum Gasteiger partial charge on any atom is 0.232 e. The molecule has 426 valence electrons. The van der Waals surface area contributed by atoms with Crippen molar-refractivity contribution in [3.8, 4) is 56.5 Å². The molecule has 10 rings (SSSR count). The Kier molecular flexibility index (Phi) is 18.3. The van der Waals surface area contributed by atoms with Gasteiger partial charge in [-0.15, -0.1) is 0 Å². The Balaban J connectivity index is 0.000000196. The number of anilines is 5. The van der Waals surface area contributed by atoms with E-state index in [1.807, 2.05) is 23.1 Å². The van der Waals surface area contributed by atoms with Gasteiger partial charge in [-0.2, -0.15) is 4.39 Å². The fourth-order valence-electron chi connectivity index (χ4n) is 9.26. The van der Waals surface area contributed by atoms with Crippen LogP contribution in [0.15, 0.2) is 97.3 Å². The van der Waals surface area contributed by atoms with Crippen LogP contribution in [0, 0.1) is 17.6 Å². The molecular weight excluding hydrogens is 1090 g/mol. The van der Waals surface area contributed by atoms with Crippen molar-refractivity contribution >= 4 is 70.7 Å². The van der Waals surface area contributed by atoms with Gasteiger partial charge in [-0.25, -0.2) is 55.5 Å². The van der Waals surface area contributed by atoms with Crippen LogP contribution in [-0.4, -0.2) is 138 Å². The van der Waals surface area contributed by atoms with Crippen LogP contribution in [0.25, 0.3) is 66.8 Å². The number of hydrogen-bond donors (Lipinski definition) is 4. The molecule has 2 fully saturated rings. The molecule has 20 nitrogen and oxygen atoms in total. The largest absolute Gasteiger partial charge is 0.494 e. The van der Waals surface area contributed by atoms with Crippen LogP contribution in [-0.2, 0) is 29.5 Å². The molecule has 0 spiro atoms. The highest BCUT2D eigenvalue weighted by Gasteiger charge is 2.26. The molecule has 25 heteroatoms. The maximum atomic E-state index is 15.8. The van der Waals surface area contributed by atoms with E-state index in [0.29, 0.717) is 163 Å². The van der Waals surface area contributed by atoms with E-state index in [0.717, 1.165) is 0 Å². The number of morpholine rings is 2. The number of nitrogens with one attached hydrogen (secondary N) is 3. The SMILES string of the molecule is CCCS(=O)(=O)Nc1cccc(-c2cc(OC)c3nc(-c4ccc(F)nc4)nc(N4CCOCC4)c3c2)c1F.CCCS(=O)(=O)Nc1cccc(-c2cc(OC)c3nc(-c4ccc(NCCN)nc4)nc(N4CCOCC4)c3c2)c1F. The van der Waals surface area contributed by atoms with Gasteiger partial charge in [-0.1, -0.05) is 38.1 Å². The van der Waals surface area contributed by atoms with Crippen LogP contribution in [0.1, 0.15) is 26.7 Å². The minimum Gasteiger partial charge on any atom is -0.494 e. The summed E-state index contributed by atoms with van der Waals surface area (Å²) < 4.78 is 122. The lowest BCUT2D eigenvalue weighted by molar-refractivity contribution is 0.122. The minimum atomic E-state index is -3.69. The molecule has 4 aromatic heterocycles. The van der Waals surface area contributed by atoms with Crippen molar-refractivity contribution in [2.45, 2.75) is 26.7 Å². The first kappa shape index (κ1) is 57.7. The quantitative estimate of drug-likeness (QED) is 0.0554. The van der Waals surface area contributed by atoms with Gasteiger partial charge in [0.15, 0.2) is 23.3 Å². The van der Waals surface area contributed by atoms with Crippen molar-refractivity contribution in [3.63, 3.8) is 0 Å². The van der Waals surface area contributed by atoms with Crippen LogP contribution in [0.3, 0.4) is 0 Å². The van der Waals surface area contributed by atoms with Crippen LogP contribution in [0.2, 0.25) is 0 Å². The summed E-state index contributed by atoms with van der Waals surface area (Å²) in [5, 5.41) is 4.42. The van der Waals surface area contributed by atoms with Gasteiger partial charge in [-0.05, 0) is 84.6 Å². The number of fused-ring (bicyclic) bond motifs is 2. The van der Waals surface area contributed by atoms with E-state index in [9.17, 15) is 21.2 Å². The third-order valence-electron chi connectivity index (χ3n) is 13.1. The fraction of sp³-hybridized carbons (Fsp3) is 0.321. The normalized spacial score (nSPS) is 13.9. The summed E-state index contributed by atoms with van der Waals surface area (Å²) in [7, 11) is -4.36. The smallest absolute Gasteiger partial charge is 0.232 e. The van der Waals surface area contributed by atoms with Gasteiger partial charge in [0, 0.05) is 84.7 Å². The van der Waals surface area contributed by atoms with Crippen LogP contribution in [0.4, 0.5) is 42.0 Å². The van der Waals surface area contributed by atoms with Crippen molar-refractivity contribution in [1.82, 2.24) is 29.9 Å². The van der Waals surface area contributed by atoms with Gasteiger partial charge >= 0.3 is 0 Å². The van der Waals surface area contributed by atoms with Crippen molar-refractivity contribution in [2.75, 3.05) is 116 Å². The molecule has 0 saturated carbocycles. The molecule has 0 radical (unpaired) electrons. The van der Waals surface area contributed by atoms with Gasteiger partial charge in [0.2, 0.25) is 26.0 Å². The first-order valence-electron chi connectivity index (χ1n) is 26.2. The third kappa shape index (κ3) is 13.5. The summed E-state index contributed by atoms with van der Waals surface area (Å²) in [4.78, 5) is 31.6. The number of rotatable bonds is 19. The van der Waals surface area contributed by atoms with E-state index < -0.39 is 37.6 Å². The molecule has 0 bridgehead atoms. The second kappa shape index (κ2) is 25.6. The highest BCUT2D eigenvalue weighted by atomic mass is 32.2. The number of benzene rings is 4. The van der Waals surface area contributed by atoms with Crippen LogP contribution in [0.5, 0.6) is 11.5 Å². The number of ether oxygens (including phenoxy) is 4. The van der Waals surface area contributed by atoms with Gasteiger partial charge in [-0.3, -0.25) is 9.44 Å². The second-order valence-electron chi connectivity index (χ2n) is 18.8. The Morgan fingerprint density at radius 1 is 0.593 bits per heavy atom. The zero-order valence-electron chi connectivity index (χ0n) is 45.0. The summed E-state index contributed by atoms with van der Waals surface area (Å²) >= 11 is 0. The molecule has 0 amide bonds. The number of halogens is 3. The van der Waals surface area contributed by atoms with E-state index in [4.69, 9.17) is 44.6 Å². The Morgan fingerprint density at radius 2 is 1.05 bits per heavy atom. The lowest BCUT2D eigenvalue weighted by atomic mass is 10.0. The Hall–Kier alpha value is -7.97. The standard InChI is InChI=1S/C29H34FN7O4S.C27H27F2N5O4S/c1-3-15-42(38,39)36-23-6-4-5-21(26(23)30)20-16-22-27(24(17-20)40-2)34-28(35-29(22)37-11-13-41-14-12-37)19-7-8-25(33-18-19)32-10-9-31;1-3-13-39(35,36)33-21-6-4-5-19(24(21)29)18-14-20-25(22(15-18)37-2)31-26(17-7-8-23(28)30-16-17)32-27(20)34-9-11-38-12-10-34/h4-8,16-18,36H,3,9-15,31H2,1-2H3,(H,32,33);4-8,14-16,33H,3,9-13H2,1-2H3. The van der Waals surface area contributed by atoms with E-state index in [1.54, 1.807) is 68.6 Å². The number of nitrogens with two attached hydrogens (primary N) is 1. The molecule has 2 aliphatic heterocycles. The molecule has 4 aromatic carbocycles. The van der Waals surface area contributed by atoms with E-state index in [2.05, 4.69) is 29.6 Å². The topological polar surface area (TPSA) is 251 Å². The minimum absolute atomic E-state index is 0.106. The molecule has 0 aliphatic carbocycles. The second-order valence-corrected chi connectivity index (χ2v) is 22.5. The van der Waals surface area contributed by atoms with Crippen molar-refractivity contribution < 1.29 is 49.0 Å². The number of sulfonamides is 2. The Labute approximate surface area is 467 Å². The zero-order chi connectivity index (χ0) is 57.3. The van der Waals surface area contributed by atoms with Gasteiger partial charge < -0.3 is 39.8 Å². The average Bonchev–Trinajstić information content (AvgIpc) is 3.66. The fourth-order valence-corrected chi connectivity index (χ4v) is 11.5. The van der Waals surface area contributed by atoms with Crippen LogP contribution >= 0.6 is 0 Å². The van der Waals surface area contributed by atoms with Crippen LogP contribution < -0.4 is 39.8 Å². The highest BCUT2D eigenvalue weighted by molar-refractivity contribution is 7.92. The number of nitrogens with zero attached hydrogens (tertiary/aromatic N) is 8. The van der Waals surface area contributed by atoms with Crippen molar-refractivity contribution in [3.05, 3.63) is 115 Å². The highest BCUT2D eigenvalue weighted by Crippen LogP contribution is 2.41. The number of hydrogen-bond acceptors (Lipinski definition) is 18. The lowest BCUT2D eigenvalue weighted by Gasteiger charge is -2.29. The molecule has 8 aromatic rings. The van der Waals surface area contributed by atoms with E-state index in [-0.39, 0.29) is 34.0 Å². The molecular formula is C56H61F3N12O8S2.